The number of rotatable bonds is 6. The zero-order valence-corrected chi connectivity index (χ0v) is 19.3. The summed E-state index contributed by atoms with van der Waals surface area (Å²) in [5.74, 6) is -1.46. The lowest BCUT2D eigenvalue weighted by molar-refractivity contribution is -0.904. The van der Waals surface area contributed by atoms with Gasteiger partial charge >= 0.3 is 0 Å². The molecule has 1 aromatic heterocycles. The monoisotopic (exact) mass is 488 g/mol. The van der Waals surface area contributed by atoms with E-state index in [0.29, 0.717) is 12.1 Å². The molecule has 4 rings (SSSR count). The molecule has 0 atom stereocenters. The molecular formula is C22H24N4O7S. The molecule has 12 heteroatoms. The van der Waals surface area contributed by atoms with Crippen molar-refractivity contribution in [1.29, 1.82) is 0 Å². The number of fused-ring (bicyclic) bond motifs is 1. The molecule has 1 N–H and O–H groups in total. The fraction of sp³-hybridized carbons (Fsp3) is 0.364. The molecule has 2 heterocycles. The average Bonchev–Trinajstić information content (AvgIpc) is 3.13. The van der Waals surface area contributed by atoms with Crippen LogP contribution in [0.1, 0.15) is 29.7 Å². The average molecular weight is 489 g/mol. The van der Waals surface area contributed by atoms with Gasteiger partial charge in [0.1, 0.15) is 0 Å². The molecule has 0 aliphatic carbocycles. The predicted octanol–water partition coefficient (Wildman–Crippen LogP) is 3.31. The van der Waals surface area contributed by atoms with Crippen LogP contribution in [0.3, 0.4) is 0 Å². The number of likely N-dealkylation sites (tertiary alicyclic amines) is 1. The Bertz CT molecular complexity index is 1190. The first-order valence-electron chi connectivity index (χ1n) is 10.8. The van der Waals surface area contributed by atoms with Gasteiger partial charge in [0, 0.05) is 16.0 Å². The van der Waals surface area contributed by atoms with Gasteiger partial charge in [-0.25, -0.2) is 0 Å². The van der Waals surface area contributed by atoms with Crippen molar-refractivity contribution in [2.24, 2.45) is 0 Å². The standard InChI is InChI=1S/C16H21NS.C6H3N3O7/c1-13-14(9-12-17-10-5-2-6-11-17)15-7-3-4-8-16(15)18-13;10-6-4(8(13)14)1-3(7(11)12)2-5(6)9(15)16/h3-4,7-8H,2,5-6,9-12H2,1H3;1-2,10H. The smallest absolute Gasteiger partial charge is 0.283 e. The van der Waals surface area contributed by atoms with E-state index in [1.165, 1.54) is 60.3 Å². The Hall–Kier alpha value is -3.64. The van der Waals surface area contributed by atoms with Gasteiger partial charge in [0.15, 0.2) is 0 Å². The normalized spacial score (nSPS) is 13.8. The van der Waals surface area contributed by atoms with Gasteiger partial charge in [-0.2, -0.15) is 0 Å². The van der Waals surface area contributed by atoms with Crippen LogP contribution in [0.15, 0.2) is 36.4 Å². The number of non-ortho nitro benzene ring substituents is 1. The van der Waals surface area contributed by atoms with Gasteiger partial charge in [-0.1, -0.05) is 18.2 Å². The molecule has 0 unspecified atom stereocenters. The highest BCUT2D eigenvalue weighted by Gasteiger charge is 2.24. The second kappa shape index (κ2) is 11.0. The van der Waals surface area contributed by atoms with Gasteiger partial charge in [0.2, 0.25) is 0 Å². The van der Waals surface area contributed by atoms with Crippen molar-refractivity contribution < 1.29 is 24.8 Å². The minimum absolute atomic E-state index is 0.384. The Morgan fingerprint density at radius 1 is 0.912 bits per heavy atom. The SMILES string of the molecule is Cc1sc2ccccc2c1CC[NH+]1CCCCC1.O=[N+]([O-])c1cc([N+](=O)[O-])c([O-])c([N+](=O)[O-])c1. The molecule has 1 saturated heterocycles. The van der Waals surface area contributed by atoms with Crippen LogP contribution in [0.5, 0.6) is 5.75 Å². The van der Waals surface area contributed by atoms with Crippen LogP contribution in [-0.4, -0.2) is 34.4 Å². The number of nitro groups is 3. The third-order valence-corrected chi connectivity index (χ3v) is 6.96. The second-order valence-corrected chi connectivity index (χ2v) is 9.28. The molecule has 0 bridgehead atoms. The van der Waals surface area contributed by atoms with Gasteiger partial charge < -0.3 is 10.0 Å². The van der Waals surface area contributed by atoms with Gasteiger partial charge in [-0.15, -0.1) is 11.3 Å². The summed E-state index contributed by atoms with van der Waals surface area (Å²) in [6.07, 6.45) is 5.56. The van der Waals surface area contributed by atoms with E-state index >= 15 is 0 Å². The number of quaternary nitrogens is 1. The van der Waals surface area contributed by atoms with E-state index in [4.69, 9.17) is 0 Å². The topological polar surface area (TPSA) is 157 Å². The number of hydrogen-bond donors (Lipinski definition) is 1. The number of nitrogens with zero attached hydrogens (tertiary/aromatic N) is 3. The minimum Gasteiger partial charge on any atom is -0.863 e. The second-order valence-electron chi connectivity index (χ2n) is 8.03. The number of benzene rings is 2. The van der Waals surface area contributed by atoms with Crippen molar-refractivity contribution in [3.05, 3.63) is 77.2 Å². The lowest BCUT2D eigenvalue weighted by Crippen LogP contribution is -3.13. The molecule has 2 aromatic carbocycles. The van der Waals surface area contributed by atoms with E-state index in [9.17, 15) is 35.4 Å². The molecule has 1 aliphatic heterocycles. The van der Waals surface area contributed by atoms with Gasteiger partial charge in [0.05, 0.1) is 52.3 Å². The minimum atomic E-state index is -1.46. The summed E-state index contributed by atoms with van der Waals surface area (Å²) in [6.45, 7) is 6.38. The fourth-order valence-electron chi connectivity index (χ4n) is 4.10. The van der Waals surface area contributed by atoms with Gasteiger partial charge in [-0.05, 0) is 43.2 Å². The molecule has 0 spiro atoms. The Labute approximate surface area is 198 Å². The molecule has 3 aromatic rings. The summed E-state index contributed by atoms with van der Waals surface area (Å²) < 4.78 is 1.46. The zero-order valence-electron chi connectivity index (χ0n) is 18.5. The zero-order chi connectivity index (χ0) is 24.8. The number of thiophene rings is 1. The van der Waals surface area contributed by atoms with Crippen molar-refractivity contribution in [3.63, 3.8) is 0 Å². The van der Waals surface area contributed by atoms with Crippen LogP contribution >= 0.6 is 11.3 Å². The molecule has 34 heavy (non-hydrogen) atoms. The van der Waals surface area contributed by atoms with Crippen LogP contribution in [0.2, 0.25) is 0 Å². The molecule has 0 amide bonds. The van der Waals surface area contributed by atoms with Crippen molar-refractivity contribution in [2.75, 3.05) is 19.6 Å². The summed E-state index contributed by atoms with van der Waals surface area (Å²) in [5.41, 5.74) is -1.66. The largest absolute Gasteiger partial charge is 0.863 e. The van der Waals surface area contributed by atoms with E-state index in [-0.39, 0.29) is 0 Å². The lowest BCUT2D eigenvalue weighted by atomic mass is 10.1. The third-order valence-electron chi connectivity index (χ3n) is 5.83. The fourth-order valence-corrected chi connectivity index (χ4v) is 5.21. The van der Waals surface area contributed by atoms with Crippen LogP contribution in [0.25, 0.3) is 10.1 Å². The quantitative estimate of drug-likeness (QED) is 0.412. The number of nitrogens with one attached hydrogen (secondary N) is 1. The van der Waals surface area contributed by atoms with Crippen LogP contribution in [0, 0.1) is 37.3 Å². The molecular weight excluding hydrogens is 464 g/mol. The Morgan fingerprint density at radius 3 is 2.06 bits per heavy atom. The number of piperidine rings is 1. The summed E-state index contributed by atoms with van der Waals surface area (Å²) in [4.78, 5) is 30.9. The highest BCUT2D eigenvalue weighted by atomic mass is 32.1. The van der Waals surface area contributed by atoms with Crippen molar-refractivity contribution in [3.8, 4) is 5.75 Å². The van der Waals surface area contributed by atoms with Crippen molar-refractivity contribution >= 4 is 38.5 Å². The number of nitro benzene ring substituents is 3. The summed E-state index contributed by atoms with van der Waals surface area (Å²) in [6, 6.07) is 9.64. The lowest BCUT2D eigenvalue weighted by Gasteiger charge is -2.23. The van der Waals surface area contributed by atoms with E-state index in [2.05, 4.69) is 31.2 Å². The maximum Gasteiger partial charge on any atom is 0.283 e. The van der Waals surface area contributed by atoms with Crippen molar-refractivity contribution in [2.45, 2.75) is 32.6 Å². The number of hydrogen-bond acceptors (Lipinski definition) is 8. The van der Waals surface area contributed by atoms with E-state index < -0.39 is 37.6 Å². The first-order valence-corrected chi connectivity index (χ1v) is 11.6. The maximum atomic E-state index is 11.1. The molecule has 1 fully saturated rings. The Balaban J connectivity index is 0.000000192. The van der Waals surface area contributed by atoms with Crippen LogP contribution in [-0.2, 0) is 6.42 Å². The summed E-state index contributed by atoms with van der Waals surface area (Å²) in [7, 11) is 0. The molecule has 0 radical (unpaired) electrons. The molecule has 0 saturated carbocycles. The number of aryl methyl sites for hydroxylation is 1. The van der Waals surface area contributed by atoms with E-state index in [1.54, 1.807) is 5.56 Å². The maximum absolute atomic E-state index is 11.1. The first kappa shape index (κ1) is 25.0. The Kier molecular flexibility index (Phi) is 8.08. The summed E-state index contributed by atoms with van der Waals surface area (Å²) >= 11 is 1.96. The predicted molar refractivity (Wildman–Crippen MR) is 126 cm³/mol. The van der Waals surface area contributed by atoms with Crippen LogP contribution in [0.4, 0.5) is 17.1 Å². The Morgan fingerprint density at radius 2 is 1.50 bits per heavy atom. The van der Waals surface area contributed by atoms with E-state index in [0.717, 1.165) is 0 Å². The summed E-state index contributed by atoms with van der Waals surface area (Å²) in [5, 5.41) is 43.6. The third kappa shape index (κ3) is 5.83. The highest BCUT2D eigenvalue weighted by Crippen LogP contribution is 2.37. The van der Waals surface area contributed by atoms with Crippen molar-refractivity contribution in [1.82, 2.24) is 0 Å². The van der Waals surface area contributed by atoms with Gasteiger partial charge in [-0.3, -0.25) is 30.3 Å². The highest BCUT2D eigenvalue weighted by molar-refractivity contribution is 7.19. The van der Waals surface area contributed by atoms with E-state index in [1.807, 2.05) is 16.2 Å². The van der Waals surface area contributed by atoms with Crippen LogP contribution < -0.4 is 10.0 Å². The van der Waals surface area contributed by atoms with Gasteiger partial charge in [0.25, 0.3) is 17.1 Å². The molecule has 1 aliphatic rings. The molecule has 11 nitrogen and oxygen atoms in total. The molecule has 180 valence electrons. The first-order chi connectivity index (χ1) is 16.2.